The maximum Gasteiger partial charge on any atom is 0.473 e. The van der Waals surface area contributed by atoms with Crippen molar-refractivity contribution in [2.45, 2.75) is 18.0 Å². The van der Waals surface area contributed by atoms with Gasteiger partial charge >= 0.3 is 30.0 Å². The molecule has 4 nitrogen and oxygen atoms in total. The molecule has 0 N–H and O–H groups in total. The summed E-state index contributed by atoms with van der Waals surface area (Å²) in [6.07, 6.45) is -9.24. The molecule has 0 unspecified atom stereocenters. The van der Waals surface area contributed by atoms with Gasteiger partial charge in [0.1, 0.15) is 12.7 Å². The van der Waals surface area contributed by atoms with Gasteiger partial charge in [-0.3, -0.25) is 0 Å². The van der Waals surface area contributed by atoms with Crippen LogP contribution in [0.4, 0.5) is 39.5 Å². The van der Waals surface area contributed by atoms with Crippen LogP contribution in [0.3, 0.4) is 0 Å². The summed E-state index contributed by atoms with van der Waals surface area (Å²) in [7, 11) is 0. The van der Waals surface area contributed by atoms with Crippen LogP contribution in [0.15, 0.2) is 24.7 Å². The smallest absolute Gasteiger partial charge is 0.397 e. The number of aromatic nitrogens is 3. The second-order valence-corrected chi connectivity index (χ2v) is 3.26. The second-order valence-electron chi connectivity index (χ2n) is 3.26. The Kier molecular flexibility index (Phi) is 4.34. The average molecular weight is 327 g/mol. The minimum atomic E-state index is -6.44. The molecular weight excluding hydrogens is 325 g/mol. The van der Waals surface area contributed by atoms with E-state index in [0.29, 0.717) is 12.7 Å². The largest absolute Gasteiger partial charge is 0.473 e. The van der Waals surface area contributed by atoms with Crippen molar-refractivity contribution < 1.29 is 44.3 Å². The molecule has 0 radical (unpaired) electrons. The number of halogens is 9. The van der Waals surface area contributed by atoms with E-state index in [2.05, 4.69) is 19.7 Å². The number of nitrogens with zero attached hydrogens (tertiary/aromatic N) is 3. The van der Waals surface area contributed by atoms with Crippen molar-refractivity contribution in [2.24, 2.45) is 0 Å². The van der Waals surface area contributed by atoms with Crippen molar-refractivity contribution in [3.63, 3.8) is 0 Å². The maximum absolute atomic E-state index is 13.3. The van der Waals surface area contributed by atoms with E-state index in [1.807, 2.05) is 0 Å². The molecule has 0 amide bonds. The van der Waals surface area contributed by atoms with E-state index < -0.39 is 35.9 Å². The predicted octanol–water partition coefficient (Wildman–Crippen LogP) is 3.24. The Hall–Kier alpha value is -2.08. The molecule has 0 aliphatic rings. The first-order valence-corrected chi connectivity index (χ1v) is 4.59. The van der Waals surface area contributed by atoms with Crippen molar-refractivity contribution in [3.05, 3.63) is 30.6 Å². The van der Waals surface area contributed by atoms with Crippen LogP contribution in [0, 0.1) is 0 Å². The highest BCUT2D eigenvalue weighted by molar-refractivity contribution is 5.05. The monoisotopic (exact) mass is 327 g/mol. The Morgan fingerprint density at radius 1 is 0.905 bits per heavy atom. The fraction of sp³-hybridized carbons (Fsp3) is 0.375. The van der Waals surface area contributed by atoms with Crippen LogP contribution in [0.25, 0.3) is 0 Å². The molecular formula is C8H2F9N3O. The number of alkyl halides is 6. The molecule has 0 bridgehead atoms. The molecule has 0 spiro atoms. The molecule has 0 aliphatic carbocycles. The molecule has 0 atom stereocenters. The number of ether oxygens (including phenoxy) is 1. The van der Waals surface area contributed by atoms with Crippen molar-refractivity contribution in [1.29, 1.82) is 0 Å². The second kappa shape index (κ2) is 5.37. The Bertz CT molecular complexity index is 529. The van der Waals surface area contributed by atoms with Gasteiger partial charge in [0, 0.05) is 0 Å². The third kappa shape index (κ3) is 3.00. The van der Waals surface area contributed by atoms with Gasteiger partial charge in [-0.05, 0) is 0 Å². The fourth-order valence-corrected chi connectivity index (χ4v) is 0.940. The van der Waals surface area contributed by atoms with E-state index in [1.54, 1.807) is 0 Å². The third-order valence-corrected chi connectivity index (χ3v) is 1.90. The Labute approximate surface area is 109 Å². The van der Waals surface area contributed by atoms with Gasteiger partial charge in [0.05, 0.1) is 0 Å². The minimum Gasteiger partial charge on any atom is -0.397 e. The lowest BCUT2D eigenvalue weighted by Gasteiger charge is -2.30. The first-order chi connectivity index (χ1) is 9.43. The van der Waals surface area contributed by atoms with E-state index in [4.69, 9.17) is 0 Å². The van der Waals surface area contributed by atoms with E-state index >= 15 is 0 Å². The van der Waals surface area contributed by atoms with Crippen LogP contribution < -0.4 is 0 Å². The van der Waals surface area contributed by atoms with E-state index in [1.165, 1.54) is 0 Å². The number of hydrogen-bond donors (Lipinski definition) is 0. The standard InChI is InChI=1S/C8H2F9N3O/c9-3(10)4(11)21-8(16,17)7(14,15)6(12,13)5-19-1-18-2-20-5/h1-2H. The fourth-order valence-electron chi connectivity index (χ4n) is 0.940. The third-order valence-electron chi connectivity index (χ3n) is 1.90. The summed E-state index contributed by atoms with van der Waals surface area (Å²) in [6.45, 7) is 0. The molecule has 118 valence electrons. The lowest BCUT2D eigenvalue weighted by Crippen LogP contribution is -2.54. The topological polar surface area (TPSA) is 47.9 Å². The lowest BCUT2D eigenvalue weighted by atomic mass is 10.1. The van der Waals surface area contributed by atoms with Crippen LogP contribution in [-0.2, 0) is 10.7 Å². The van der Waals surface area contributed by atoms with Crippen LogP contribution in [-0.4, -0.2) is 27.0 Å². The predicted molar refractivity (Wildman–Crippen MR) is 45.1 cm³/mol. The molecule has 0 saturated heterocycles. The average Bonchev–Trinajstić information content (AvgIpc) is 2.38. The van der Waals surface area contributed by atoms with E-state index in [9.17, 15) is 39.5 Å². The van der Waals surface area contributed by atoms with Crippen molar-refractivity contribution in [2.75, 3.05) is 0 Å². The Morgan fingerprint density at radius 3 is 1.81 bits per heavy atom. The van der Waals surface area contributed by atoms with Gasteiger partial charge in [0.15, 0.2) is 0 Å². The molecule has 0 fully saturated rings. The van der Waals surface area contributed by atoms with Gasteiger partial charge in [0.2, 0.25) is 5.82 Å². The zero-order chi connectivity index (χ0) is 16.5. The number of hydrogen-bond acceptors (Lipinski definition) is 4. The van der Waals surface area contributed by atoms with Crippen molar-refractivity contribution in [1.82, 2.24) is 15.0 Å². The van der Waals surface area contributed by atoms with Gasteiger partial charge in [-0.2, -0.15) is 39.5 Å². The number of rotatable bonds is 5. The van der Waals surface area contributed by atoms with Gasteiger partial charge < -0.3 is 4.74 Å². The molecule has 21 heavy (non-hydrogen) atoms. The highest BCUT2D eigenvalue weighted by atomic mass is 19.4. The molecule has 1 aromatic heterocycles. The molecule has 1 heterocycles. The Morgan fingerprint density at radius 2 is 1.38 bits per heavy atom. The normalized spacial score (nSPS) is 13.0. The zero-order valence-electron chi connectivity index (χ0n) is 9.31. The zero-order valence-corrected chi connectivity index (χ0v) is 9.31. The lowest BCUT2D eigenvalue weighted by molar-refractivity contribution is -0.398. The summed E-state index contributed by atoms with van der Waals surface area (Å²) >= 11 is 0. The SMILES string of the molecule is FC(F)=C(F)OC(F)(F)C(F)(F)C(F)(F)c1ncncn1. The molecule has 13 heteroatoms. The molecule has 0 aliphatic heterocycles. The van der Waals surface area contributed by atoms with Gasteiger partial charge in [-0.25, -0.2) is 15.0 Å². The van der Waals surface area contributed by atoms with E-state index in [0.717, 1.165) is 0 Å². The quantitative estimate of drug-likeness (QED) is 0.615. The molecule has 0 aromatic carbocycles. The summed E-state index contributed by atoms with van der Waals surface area (Å²) in [6, 6.07) is -3.42. The molecule has 1 rings (SSSR count). The Balaban J connectivity index is 3.22. The summed E-state index contributed by atoms with van der Waals surface area (Å²) in [5, 5.41) is 0. The highest BCUT2D eigenvalue weighted by Crippen LogP contribution is 2.51. The van der Waals surface area contributed by atoms with Crippen molar-refractivity contribution >= 4 is 0 Å². The summed E-state index contributed by atoms with van der Waals surface area (Å²) in [4.78, 5) is 8.09. The molecule has 1 aromatic rings. The van der Waals surface area contributed by atoms with Crippen LogP contribution in [0.5, 0.6) is 0 Å². The highest BCUT2D eigenvalue weighted by Gasteiger charge is 2.76. The van der Waals surface area contributed by atoms with Crippen LogP contribution in [0.2, 0.25) is 0 Å². The first-order valence-electron chi connectivity index (χ1n) is 4.59. The summed E-state index contributed by atoms with van der Waals surface area (Å²) in [5.41, 5.74) is 0. The van der Waals surface area contributed by atoms with Crippen LogP contribution in [0.1, 0.15) is 5.82 Å². The van der Waals surface area contributed by atoms with Gasteiger partial charge in [-0.1, -0.05) is 0 Å². The summed E-state index contributed by atoms with van der Waals surface area (Å²) < 4.78 is 116. The van der Waals surface area contributed by atoms with E-state index in [-0.39, 0.29) is 0 Å². The minimum absolute atomic E-state index is 0.299. The van der Waals surface area contributed by atoms with Gasteiger partial charge in [-0.15, -0.1) is 0 Å². The maximum atomic E-state index is 13.3. The van der Waals surface area contributed by atoms with Crippen LogP contribution >= 0.6 is 0 Å². The summed E-state index contributed by atoms with van der Waals surface area (Å²) in [5.74, 6) is -14.3. The molecule has 0 saturated carbocycles. The van der Waals surface area contributed by atoms with Crippen molar-refractivity contribution in [3.8, 4) is 0 Å². The first kappa shape index (κ1) is 17.0. The van der Waals surface area contributed by atoms with Gasteiger partial charge in [0.25, 0.3) is 0 Å².